The van der Waals surface area contributed by atoms with Crippen molar-refractivity contribution in [1.82, 2.24) is 19.9 Å². The Morgan fingerprint density at radius 1 is 0.970 bits per heavy atom. The Labute approximate surface area is 188 Å². The maximum Gasteiger partial charge on any atom is 0.490 e. The molecule has 2 aromatic rings. The first-order valence-electron chi connectivity index (χ1n) is 10.4. The molecule has 2 aromatic heterocycles. The van der Waals surface area contributed by atoms with Gasteiger partial charge in [-0.1, -0.05) is 0 Å². The van der Waals surface area contributed by atoms with Crippen molar-refractivity contribution < 1.29 is 27.5 Å². The topological polar surface area (TPSA) is 98.6 Å². The quantitative estimate of drug-likeness (QED) is 0.676. The van der Waals surface area contributed by atoms with E-state index in [0.717, 1.165) is 56.5 Å². The van der Waals surface area contributed by atoms with Crippen LogP contribution in [0.25, 0.3) is 0 Å². The van der Waals surface area contributed by atoms with Crippen LogP contribution in [0.5, 0.6) is 0 Å². The van der Waals surface area contributed by atoms with E-state index in [-0.39, 0.29) is 0 Å². The molecule has 1 fully saturated rings. The monoisotopic (exact) mass is 471 g/mol. The van der Waals surface area contributed by atoms with E-state index in [9.17, 15) is 17.6 Å². The van der Waals surface area contributed by atoms with Crippen molar-refractivity contribution in [2.45, 2.75) is 31.9 Å². The minimum Gasteiger partial charge on any atom is -0.475 e. The number of rotatable bonds is 3. The van der Waals surface area contributed by atoms with E-state index in [2.05, 4.69) is 24.7 Å². The number of hydrogen-bond acceptors (Lipinski definition) is 8. The molecule has 0 saturated carbocycles. The number of nitrogens with zero attached hydrogens (tertiary/aromatic N) is 7. The van der Waals surface area contributed by atoms with Crippen molar-refractivity contribution in [3.63, 3.8) is 0 Å². The fraction of sp³-hybridized carbons (Fsp3) is 0.550. The number of aromatic nitrogens is 4. The number of carboxylic acids is 1. The van der Waals surface area contributed by atoms with Crippen LogP contribution < -0.4 is 14.7 Å². The Morgan fingerprint density at radius 2 is 1.52 bits per heavy atom. The lowest BCUT2D eigenvalue weighted by Crippen LogP contribution is -2.28. The fourth-order valence-corrected chi connectivity index (χ4v) is 3.66. The molecule has 0 unspecified atom stereocenters. The predicted molar refractivity (Wildman–Crippen MR) is 113 cm³/mol. The van der Waals surface area contributed by atoms with Gasteiger partial charge in [-0.2, -0.15) is 18.2 Å². The van der Waals surface area contributed by atoms with Gasteiger partial charge in [-0.15, -0.1) is 0 Å². The van der Waals surface area contributed by atoms with Gasteiger partial charge in [0.15, 0.2) is 5.82 Å². The molecule has 4 heterocycles. The fourth-order valence-electron chi connectivity index (χ4n) is 3.66. The molecular formula is C20H25F4N7O2. The Morgan fingerprint density at radius 3 is 2.06 bits per heavy atom. The van der Waals surface area contributed by atoms with Gasteiger partial charge < -0.3 is 19.8 Å². The smallest absolute Gasteiger partial charge is 0.475 e. The molecule has 4 rings (SSSR count). The molecule has 0 aromatic carbocycles. The van der Waals surface area contributed by atoms with Crippen LogP contribution in [0.4, 0.5) is 35.3 Å². The molecule has 2 aliphatic heterocycles. The molecule has 180 valence electrons. The van der Waals surface area contributed by atoms with Crippen LogP contribution in [0.1, 0.15) is 24.1 Å². The average molecular weight is 471 g/mol. The first-order valence-corrected chi connectivity index (χ1v) is 10.4. The van der Waals surface area contributed by atoms with Crippen LogP contribution in [0.3, 0.4) is 0 Å². The summed E-state index contributed by atoms with van der Waals surface area (Å²) in [5.41, 5.74) is 2.30. The highest BCUT2D eigenvalue weighted by atomic mass is 19.4. The van der Waals surface area contributed by atoms with E-state index < -0.39 is 18.0 Å². The number of anilines is 3. The summed E-state index contributed by atoms with van der Waals surface area (Å²) in [5.74, 6) is -0.760. The summed E-state index contributed by atoms with van der Waals surface area (Å²) in [6.45, 7) is 3.59. The molecule has 9 nitrogen and oxygen atoms in total. The van der Waals surface area contributed by atoms with Gasteiger partial charge in [-0.05, 0) is 19.3 Å². The molecule has 0 aliphatic carbocycles. The number of carbonyl (C=O) groups is 1. The van der Waals surface area contributed by atoms with Crippen LogP contribution in [0, 0.1) is 5.82 Å². The zero-order valence-corrected chi connectivity index (χ0v) is 18.3. The highest BCUT2D eigenvalue weighted by Gasteiger charge is 2.38. The molecule has 0 amide bonds. The standard InChI is InChI=1S/C18H24FN7.C2HF3O2/c1-24(2)16-14-5-9-26(17-20-11-13(19)12-21-17)10-6-15(14)22-18(23-16)25-7-3-4-8-25;3-2(4,5)1(6)7/h11-12H,3-10H2,1-2H3;(H,6,7). The first kappa shape index (κ1) is 24.4. The highest BCUT2D eigenvalue weighted by Crippen LogP contribution is 2.28. The molecule has 2 aliphatic rings. The number of hydrogen-bond donors (Lipinski definition) is 1. The van der Waals surface area contributed by atoms with Crippen molar-refractivity contribution >= 4 is 23.7 Å². The molecule has 0 bridgehead atoms. The van der Waals surface area contributed by atoms with Gasteiger partial charge >= 0.3 is 12.1 Å². The van der Waals surface area contributed by atoms with Crippen LogP contribution in [-0.4, -0.2) is 77.5 Å². The molecule has 33 heavy (non-hydrogen) atoms. The van der Waals surface area contributed by atoms with E-state index in [1.807, 2.05) is 14.1 Å². The number of carboxylic acid groups (broad SMARTS) is 1. The van der Waals surface area contributed by atoms with Crippen LogP contribution in [-0.2, 0) is 17.6 Å². The van der Waals surface area contributed by atoms with Crippen molar-refractivity contribution in [1.29, 1.82) is 0 Å². The minimum atomic E-state index is -5.08. The van der Waals surface area contributed by atoms with Gasteiger partial charge in [0.25, 0.3) is 0 Å². The van der Waals surface area contributed by atoms with E-state index in [1.165, 1.54) is 30.8 Å². The first-order chi connectivity index (χ1) is 15.6. The molecule has 1 saturated heterocycles. The number of halogens is 4. The van der Waals surface area contributed by atoms with E-state index in [4.69, 9.17) is 19.9 Å². The summed E-state index contributed by atoms with van der Waals surface area (Å²) in [6, 6.07) is 0. The maximum atomic E-state index is 13.1. The molecule has 13 heteroatoms. The minimum absolute atomic E-state index is 0.414. The second kappa shape index (κ2) is 10.1. The van der Waals surface area contributed by atoms with Crippen molar-refractivity contribution in [3.05, 3.63) is 29.5 Å². The Balaban J connectivity index is 0.000000383. The SMILES string of the molecule is CN(C)c1nc(N2CCCC2)nc2c1CCN(c1ncc(F)cn1)CC2.O=C(O)C(F)(F)F. The Bertz CT molecular complexity index is 964. The van der Waals surface area contributed by atoms with Crippen LogP contribution in [0.2, 0.25) is 0 Å². The Kier molecular flexibility index (Phi) is 7.49. The zero-order chi connectivity index (χ0) is 24.2. The highest BCUT2D eigenvalue weighted by molar-refractivity contribution is 5.73. The summed E-state index contributed by atoms with van der Waals surface area (Å²) < 4.78 is 44.8. The maximum absolute atomic E-state index is 13.1. The van der Waals surface area contributed by atoms with Gasteiger partial charge in [0.1, 0.15) is 5.82 Å². The summed E-state index contributed by atoms with van der Waals surface area (Å²) in [5, 5.41) is 7.12. The second-order valence-electron chi connectivity index (χ2n) is 7.85. The third kappa shape index (κ3) is 6.17. The van der Waals surface area contributed by atoms with Crippen LogP contribution >= 0.6 is 0 Å². The van der Waals surface area contributed by atoms with E-state index in [0.29, 0.717) is 5.95 Å². The predicted octanol–water partition coefficient (Wildman–Crippen LogP) is 2.31. The number of alkyl halides is 3. The van der Waals surface area contributed by atoms with Gasteiger partial charge in [0.2, 0.25) is 11.9 Å². The second-order valence-corrected chi connectivity index (χ2v) is 7.85. The zero-order valence-electron chi connectivity index (χ0n) is 18.3. The molecule has 0 atom stereocenters. The van der Waals surface area contributed by atoms with Crippen molar-refractivity contribution in [3.8, 4) is 0 Å². The summed E-state index contributed by atoms with van der Waals surface area (Å²) in [4.78, 5) is 33.4. The normalized spacial score (nSPS) is 15.9. The van der Waals surface area contributed by atoms with Gasteiger partial charge in [-0.3, -0.25) is 0 Å². The molecular weight excluding hydrogens is 446 g/mol. The third-order valence-electron chi connectivity index (χ3n) is 5.25. The van der Waals surface area contributed by atoms with Crippen LogP contribution in [0.15, 0.2) is 12.4 Å². The number of fused-ring (bicyclic) bond motifs is 1. The lowest BCUT2D eigenvalue weighted by molar-refractivity contribution is -0.192. The van der Waals surface area contributed by atoms with Gasteiger partial charge in [-0.25, -0.2) is 24.1 Å². The molecule has 1 N–H and O–H groups in total. The molecule has 0 radical (unpaired) electrons. The van der Waals surface area contributed by atoms with E-state index in [1.54, 1.807) is 0 Å². The Hall–Kier alpha value is -3.25. The lowest BCUT2D eigenvalue weighted by Gasteiger charge is -2.22. The van der Waals surface area contributed by atoms with Gasteiger partial charge in [0.05, 0.1) is 18.1 Å². The van der Waals surface area contributed by atoms with Crippen molar-refractivity contribution in [2.75, 3.05) is 55.0 Å². The summed E-state index contributed by atoms with van der Waals surface area (Å²) in [6.07, 6.45) is 1.39. The molecule has 0 spiro atoms. The third-order valence-corrected chi connectivity index (χ3v) is 5.25. The van der Waals surface area contributed by atoms with E-state index >= 15 is 0 Å². The summed E-state index contributed by atoms with van der Waals surface area (Å²) >= 11 is 0. The van der Waals surface area contributed by atoms with Crippen molar-refractivity contribution in [2.24, 2.45) is 0 Å². The van der Waals surface area contributed by atoms with Gasteiger partial charge in [0, 0.05) is 52.3 Å². The summed E-state index contributed by atoms with van der Waals surface area (Å²) in [7, 11) is 4.06. The number of aliphatic carboxylic acids is 1. The lowest BCUT2D eigenvalue weighted by atomic mass is 10.1. The average Bonchev–Trinajstić information content (AvgIpc) is 3.21. The largest absolute Gasteiger partial charge is 0.490 e.